The summed E-state index contributed by atoms with van der Waals surface area (Å²) in [7, 11) is 0. The van der Waals surface area contributed by atoms with E-state index in [-0.39, 0.29) is 0 Å². The maximum atomic E-state index is 5.69. The van der Waals surface area contributed by atoms with Crippen molar-refractivity contribution in [2.45, 2.75) is 26.1 Å². The van der Waals surface area contributed by atoms with E-state index in [9.17, 15) is 0 Å². The van der Waals surface area contributed by atoms with Crippen molar-refractivity contribution in [2.75, 3.05) is 13.2 Å². The van der Waals surface area contributed by atoms with Gasteiger partial charge in [-0.2, -0.15) is 5.10 Å². The lowest BCUT2D eigenvalue weighted by Crippen LogP contribution is -2.28. The molecule has 0 aromatic carbocycles. The van der Waals surface area contributed by atoms with Gasteiger partial charge in [0.15, 0.2) is 5.82 Å². The van der Waals surface area contributed by atoms with Gasteiger partial charge in [-0.25, -0.2) is 4.98 Å². The van der Waals surface area contributed by atoms with Crippen molar-refractivity contribution in [1.82, 2.24) is 29.6 Å². The lowest BCUT2D eigenvalue weighted by molar-refractivity contribution is 0.301. The summed E-state index contributed by atoms with van der Waals surface area (Å²) >= 11 is 0. The molecular formula is C17H20N6O. The first-order valence-corrected chi connectivity index (χ1v) is 8.22. The monoisotopic (exact) mass is 324 g/mol. The van der Waals surface area contributed by atoms with Crippen molar-refractivity contribution in [3.05, 3.63) is 48.7 Å². The quantitative estimate of drug-likeness (QED) is 0.699. The molecule has 7 nitrogen and oxygen atoms in total. The molecule has 0 spiro atoms. The largest absolute Gasteiger partial charge is 0.492 e. The molecule has 0 radical (unpaired) electrons. The van der Waals surface area contributed by atoms with E-state index >= 15 is 0 Å². The average Bonchev–Trinajstić information content (AvgIpc) is 3.25. The van der Waals surface area contributed by atoms with Crippen LogP contribution in [0.5, 0.6) is 5.75 Å². The van der Waals surface area contributed by atoms with E-state index in [2.05, 4.69) is 35.7 Å². The molecule has 24 heavy (non-hydrogen) atoms. The van der Waals surface area contributed by atoms with Crippen LogP contribution in [0.4, 0.5) is 0 Å². The number of hydrogen-bond donors (Lipinski definition) is 1. The minimum atomic E-state index is 0.646. The lowest BCUT2D eigenvalue weighted by atomic mass is 10.3. The maximum absolute atomic E-state index is 5.69. The van der Waals surface area contributed by atoms with E-state index in [0.717, 1.165) is 49.9 Å². The first-order valence-electron chi connectivity index (χ1n) is 8.22. The van der Waals surface area contributed by atoms with Crippen LogP contribution in [-0.4, -0.2) is 37.5 Å². The number of pyridine rings is 1. The van der Waals surface area contributed by atoms with Crippen molar-refractivity contribution in [1.29, 1.82) is 0 Å². The fourth-order valence-corrected chi connectivity index (χ4v) is 2.88. The molecule has 0 bridgehead atoms. The molecule has 0 unspecified atom stereocenters. The molecule has 1 aliphatic heterocycles. The number of aryl methyl sites for hydroxylation is 1. The third-order valence-corrected chi connectivity index (χ3v) is 4.06. The van der Waals surface area contributed by atoms with Crippen LogP contribution in [-0.2, 0) is 19.6 Å². The van der Waals surface area contributed by atoms with E-state index in [1.807, 2.05) is 24.5 Å². The second kappa shape index (κ2) is 6.84. The van der Waals surface area contributed by atoms with Gasteiger partial charge >= 0.3 is 0 Å². The summed E-state index contributed by atoms with van der Waals surface area (Å²) in [4.78, 5) is 8.53. The Bertz CT molecular complexity index is 771. The Morgan fingerprint density at radius 1 is 1.29 bits per heavy atom. The second-order valence-corrected chi connectivity index (χ2v) is 5.76. The van der Waals surface area contributed by atoms with Crippen LogP contribution < -0.4 is 10.1 Å². The van der Waals surface area contributed by atoms with Gasteiger partial charge in [-0.05, 0) is 24.6 Å². The molecule has 0 aliphatic carbocycles. The van der Waals surface area contributed by atoms with Crippen molar-refractivity contribution in [2.24, 2.45) is 0 Å². The van der Waals surface area contributed by atoms with E-state index in [1.54, 1.807) is 12.4 Å². The van der Waals surface area contributed by atoms with Gasteiger partial charge in [0.05, 0.1) is 25.0 Å². The molecule has 0 fully saturated rings. The Hall–Kier alpha value is -2.67. The number of fused-ring (bicyclic) bond motifs is 1. The van der Waals surface area contributed by atoms with Crippen molar-refractivity contribution in [3.8, 4) is 17.3 Å². The summed E-state index contributed by atoms with van der Waals surface area (Å²) in [6.45, 7) is 4.23. The fraction of sp³-hybridized carbons (Fsp3) is 0.353. The molecule has 4 rings (SSSR count). The Morgan fingerprint density at radius 2 is 2.29 bits per heavy atom. The molecule has 1 N–H and O–H groups in total. The summed E-state index contributed by atoms with van der Waals surface area (Å²) < 4.78 is 9.89. The SMILES string of the molecule is c1cncc(OCCCn2ccnc2-c2cc3n(n2)CCNC3)c1. The number of nitrogens with one attached hydrogen (secondary N) is 1. The topological polar surface area (TPSA) is 69.8 Å². The van der Waals surface area contributed by atoms with E-state index in [4.69, 9.17) is 4.74 Å². The zero-order valence-corrected chi connectivity index (χ0v) is 13.4. The Balaban J connectivity index is 1.39. The Kier molecular flexibility index (Phi) is 4.24. The van der Waals surface area contributed by atoms with Crippen molar-refractivity contribution >= 4 is 0 Å². The maximum Gasteiger partial charge on any atom is 0.160 e. The minimum absolute atomic E-state index is 0.646. The van der Waals surface area contributed by atoms with Crippen LogP contribution in [0, 0.1) is 0 Å². The highest BCUT2D eigenvalue weighted by atomic mass is 16.5. The summed E-state index contributed by atoms with van der Waals surface area (Å²) in [5.41, 5.74) is 2.15. The van der Waals surface area contributed by atoms with Crippen molar-refractivity contribution in [3.63, 3.8) is 0 Å². The Labute approximate surface area is 140 Å². The molecule has 0 atom stereocenters. The highest BCUT2D eigenvalue weighted by Gasteiger charge is 2.15. The molecule has 0 amide bonds. The first-order chi connectivity index (χ1) is 11.9. The summed E-state index contributed by atoms with van der Waals surface area (Å²) in [6.07, 6.45) is 8.19. The van der Waals surface area contributed by atoms with Crippen molar-refractivity contribution < 1.29 is 4.74 Å². The number of imidazole rings is 1. The number of hydrogen-bond acceptors (Lipinski definition) is 5. The van der Waals surface area contributed by atoms with Gasteiger partial charge in [0.2, 0.25) is 0 Å². The van der Waals surface area contributed by atoms with Crippen LogP contribution >= 0.6 is 0 Å². The standard InChI is InChI=1S/C17H20N6O/c1-3-15(13-18-4-1)24-10-2-7-22-8-6-20-17(22)16-11-14-12-19-5-9-23(14)21-16/h1,3-4,6,8,11,13,19H,2,5,7,9-10,12H2. The zero-order valence-electron chi connectivity index (χ0n) is 13.4. The molecule has 0 saturated heterocycles. The second-order valence-electron chi connectivity index (χ2n) is 5.76. The Morgan fingerprint density at radius 3 is 3.17 bits per heavy atom. The summed E-state index contributed by atoms with van der Waals surface area (Å²) in [5, 5.41) is 8.05. The van der Waals surface area contributed by atoms with Gasteiger partial charge in [0, 0.05) is 38.2 Å². The van der Waals surface area contributed by atoms with Crippen LogP contribution in [0.2, 0.25) is 0 Å². The molecule has 124 valence electrons. The zero-order chi connectivity index (χ0) is 16.2. The normalized spacial score (nSPS) is 13.7. The molecule has 7 heteroatoms. The van der Waals surface area contributed by atoms with E-state index in [1.165, 1.54) is 5.69 Å². The molecular weight excluding hydrogens is 304 g/mol. The fourth-order valence-electron chi connectivity index (χ4n) is 2.88. The van der Waals surface area contributed by atoms with Crippen LogP contribution in [0.15, 0.2) is 43.0 Å². The minimum Gasteiger partial charge on any atom is -0.492 e. The predicted octanol–water partition coefficient (Wildman–Crippen LogP) is 1.71. The van der Waals surface area contributed by atoms with Gasteiger partial charge in [-0.3, -0.25) is 9.67 Å². The first kappa shape index (κ1) is 14.9. The third kappa shape index (κ3) is 3.16. The predicted molar refractivity (Wildman–Crippen MR) is 89.5 cm³/mol. The third-order valence-electron chi connectivity index (χ3n) is 4.06. The molecule has 3 aromatic heterocycles. The molecule has 4 heterocycles. The number of aromatic nitrogens is 5. The van der Waals surface area contributed by atoms with E-state index < -0.39 is 0 Å². The van der Waals surface area contributed by atoms with Crippen LogP contribution in [0.1, 0.15) is 12.1 Å². The van der Waals surface area contributed by atoms with E-state index in [0.29, 0.717) is 6.61 Å². The van der Waals surface area contributed by atoms with Crippen LogP contribution in [0.3, 0.4) is 0 Å². The summed E-state index contributed by atoms with van der Waals surface area (Å²) in [6, 6.07) is 5.91. The van der Waals surface area contributed by atoms with Gasteiger partial charge in [-0.1, -0.05) is 0 Å². The van der Waals surface area contributed by atoms with Gasteiger partial charge < -0.3 is 14.6 Å². The summed E-state index contributed by atoms with van der Waals surface area (Å²) in [5.74, 6) is 1.72. The van der Waals surface area contributed by atoms with Crippen LogP contribution in [0.25, 0.3) is 11.5 Å². The number of rotatable bonds is 6. The number of nitrogens with zero attached hydrogens (tertiary/aromatic N) is 5. The van der Waals surface area contributed by atoms with Gasteiger partial charge in [0.1, 0.15) is 11.4 Å². The number of ether oxygens (including phenoxy) is 1. The average molecular weight is 324 g/mol. The highest BCUT2D eigenvalue weighted by Crippen LogP contribution is 2.19. The smallest absolute Gasteiger partial charge is 0.160 e. The van der Waals surface area contributed by atoms with Gasteiger partial charge in [-0.15, -0.1) is 0 Å². The lowest BCUT2D eigenvalue weighted by Gasteiger charge is -2.13. The van der Waals surface area contributed by atoms with Gasteiger partial charge in [0.25, 0.3) is 0 Å². The molecule has 0 saturated carbocycles. The highest BCUT2D eigenvalue weighted by molar-refractivity contribution is 5.50. The molecule has 3 aromatic rings. The molecule has 1 aliphatic rings.